The lowest BCUT2D eigenvalue weighted by molar-refractivity contribution is 0.622. The standard InChI is InChI=1S/C21H29N7/c1-16-22-19(26-8-4-5-9-26)15-20(23-16)27-10-12-28(13-11-27)21-14-17-6-2-3-7-18(17)24-25-21/h14-15H,2-13H2,1H3. The van der Waals surface area contributed by atoms with Gasteiger partial charge in [0.05, 0.1) is 5.69 Å². The highest BCUT2D eigenvalue weighted by molar-refractivity contribution is 5.53. The van der Waals surface area contributed by atoms with E-state index in [-0.39, 0.29) is 0 Å². The van der Waals surface area contributed by atoms with Gasteiger partial charge in [0.2, 0.25) is 0 Å². The van der Waals surface area contributed by atoms with Crippen LogP contribution >= 0.6 is 0 Å². The van der Waals surface area contributed by atoms with Gasteiger partial charge < -0.3 is 14.7 Å². The zero-order chi connectivity index (χ0) is 18.9. The van der Waals surface area contributed by atoms with Crippen molar-refractivity contribution in [3.63, 3.8) is 0 Å². The predicted octanol–water partition coefficient (Wildman–Crippen LogP) is 2.38. The van der Waals surface area contributed by atoms with E-state index in [1.807, 2.05) is 6.92 Å². The first-order chi connectivity index (χ1) is 13.8. The van der Waals surface area contributed by atoms with E-state index >= 15 is 0 Å². The van der Waals surface area contributed by atoms with E-state index in [1.165, 1.54) is 36.9 Å². The number of aryl methyl sites for hydroxylation is 3. The summed E-state index contributed by atoms with van der Waals surface area (Å²) in [6.07, 6.45) is 7.29. The molecule has 0 atom stereocenters. The number of rotatable bonds is 3. The van der Waals surface area contributed by atoms with E-state index in [9.17, 15) is 0 Å². The van der Waals surface area contributed by atoms with Crippen LogP contribution in [-0.4, -0.2) is 59.4 Å². The number of hydrogen-bond donors (Lipinski definition) is 0. The molecule has 28 heavy (non-hydrogen) atoms. The maximum Gasteiger partial charge on any atom is 0.151 e. The Morgan fingerprint density at radius 1 is 0.643 bits per heavy atom. The van der Waals surface area contributed by atoms with Crippen molar-refractivity contribution in [1.82, 2.24) is 20.2 Å². The molecule has 148 valence electrons. The first-order valence-electron chi connectivity index (χ1n) is 10.7. The second kappa shape index (κ2) is 7.53. The van der Waals surface area contributed by atoms with Crippen molar-refractivity contribution in [3.8, 4) is 0 Å². The zero-order valence-electron chi connectivity index (χ0n) is 16.8. The molecule has 0 N–H and O–H groups in total. The monoisotopic (exact) mass is 379 g/mol. The van der Waals surface area contributed by atoms with Crippen LogP contribution in [0, 0.1) is 6.92 Å². The van der Waals surface area contributed by atoms with Gasteiger partial charge in [0.1, 0.15) is 17.5 Å². The summed E-state index contributed by atoms with van der Waals surface area (Å²) in [5.41, 5.74) is 2.61. The lowest BCUT2D eigenvalue weighted by atomic mass is 9.97. The molecule has 3 aliphatic rings. The van der Waals surface area contributed by atoms with E-state index in [0.717, 1.165) is 75.4 Å². The van der Waals surface area contributed by atoms with Crippen molar-refractivity contribution in [3.05, 3.63) is 29.2 Å². The second-order valence-electron chi connectivity index (χ2n) is 8.18. The van der Waals surface area contributed by atoms with Gasteiger partial charge in [-0.2, -0.15) is 5.10 Å². The van der Waals surface area contributed by atoms with Crippen LogP contribution in [0.4, 0.5) is 17.5 Å². The molecule has 1 aliphatic carbocycles. The maximum absolute atomic E-state index is 4.73. The minimum atomic E-state index is 0.863. The fraction of sp³-hybridized carbons (Fsp3) is 0.619. The van der Waals surface area contributed by atoms with Crippen LogP contribution in [0.25, 0.3) is 0 Å². The Morgan fingerprint density at radius 3 is 1.96 bits per heavy atom. The van der Waals surface area contributed by atoms with Crippen molar-refractivity contribution < 1.29 is 0 Å². The van der Waals surface area contributed by atoms with Gasteiger partial charge in [-0.1, -0.05) is 0 Å². The molecule has 7 heteroatoms. The van der Waals surface area contributed by atoms with Gasteiger partial charge in [-0.15, -0.1) is 5.10 Å². The van der Waals surface area contributed by atoms with Crippen LogP contribution in [0.15, 0.2) is 12.1 Å². The summed E-state index contributed by atoms with van der Waals surface area (Å²) in [5.74, 6) is 4.05. The Bertz CT molecular complexity index is 839. The summed E-state index contributed by atoms with van der Waals surface area (Å²) in [6, 6.07) is 4.45. The van der Waals surface area contributed by atoms with Gasteiger partial charge in [-0.3, -0.25) is 0 Å². The van der Waals surface area contributed by atoms with Crippen molar-refractivity contribution >= 4 is 17.5 Å². The minimum absolute atomic E-state index is 0.863. The highest BCUT2D eigenvalue weighted by atomic mass is 15.3. The van der Waals surface area contributed by atoms with Gasteiger partial charge in [-0.25, -0.2) is 9.97 Å². The van der Waals surface area contributed by atoms with E-state index in [2.05, 4.69) is 42.0 Å². The molecule has 0 saturated carbocycles. The predicted molar refractivity (Wildman–Crippen MR) is 111 cm³/mol. The van der Waals surface area contributed by atoms with Gasteiger partial charge in [0.15, 0.2) is 5.82 Å². The molecule has 2 aliphatic heterocycles. The highest BCUT2D eigenvalue weighted by Crippen LogP contribution is 2.26. The number of fused-ring (bicyclic) bond motifs is 1. The van der Waals surface area contributed by atoms with Crippen LogP contribution in [0.5, 0.6) is 0 Å². The summed E-state index contributed by atoms with van der Waals surface area (Å²) in [4.78, 5) is 16.5. The number of piperazine rings is 1. The first kappa shape index (κ1) is 17.6. The molecule has 0 spiro atoms. The highest BCUT2D eigenvalue weighted by Gasteiger charge is 2.23. The maximum atomic E-state index is 4.73. The fourth-order valence-corrected chi connectivity index (χ4v) is 4.60. The molecule has 0 bridgehead atoms. The molecular formula is C21H29N7. The van der Waals surface area contributed by atoms with Crippen LogP contribution in [0.3, 0.4) is 0 Å². The van der Waals surface area contributed by atoms with Gasteiger partial charge in [0.25, 0.3) is 0 Å². The summed E-state index contributed by atoms with van der Waals surface area (Å²) in [5, 5.41) is 9.03. The molecular weight excluding hydrogens is 350 g/mol. The zero-order valence-corrected chi connectivity index (χ0v) is 16.8. The molecule has 7 nitrogen and oxygen atoms in total. The van der Waals surface area contributed by atoms with Crippen LogP contribution in [-0.2, 0) is 12.8 Å². The smallest absolute Gasteiger partial charge is 0.151 e. The third kappa shape index (κ3) is 3.50. The summed E-state index contributed by atoms with van der Waals surface area (Å²) < 4.78 is 0. The molecule has 2 fully saturated rings. The molecule has 5 rings (SSSR count). The average Bonchev–Trinajstić information content (AvgIpc) is 3.28. The molecule has 0 radical (unpaired) electrons. The third-order valence-corrected chi connectivity index (χ3v) is 6.23. The Morgan fingerprint density at radius 2 is 1.25 bits per heavy atom. The van der Waals surface area contributed by atoms with Gasteiger partial charge >= 0.3 is 0 Å². The molecule has 2 aromatic rings. The number of anilines is 3. The van der Waals surface area contributed by atoms with E-state index in [4.69, 9.17) is 4.98 Å². The molecule has 2 aromatic heterocycles. The van der Waals surface area contributed by atoms with Crippen LogP contribution in [0.1, 0.15) is 42.8 Å². The molecule has 0 unspecified atom stereocenters. The van der Waals surface area contributed by atoms with Crippen molar-refractivity contribution in [2.45, 2.75) is 45.4 Å². The lowest BCUT2D eigenvalue weighted by Crippen LogP contribution is -2.47. The van der Waals surface area contributed by atoms with Crippen LogP contribution < -0.4 is 14.7 Å². The minimum Gasteiger partial charge on any atom is -0.356 e. The Balaban J connectivity index is 1.28. The lowest BCUT2D eigenvalue weighted by Gasteiger charge is -2.36. The Kier molecular flexibility index (Phi) is 4.74. The first-order valence-corrected chi connectivity index (χ1v) is 10.7. The average molecular weight is 380 g/mol. The van der Waals surface area contributed by atoms with Crippen molar-refractivity contribution in [2.24, 2.45) is 0 Å². The summed E-state index contributed by atoms with van der Waals surface area (Å²) in [7, 11) is 0. The van der Waals surface area contributed by atoms with E-state index < -0.39 is 0 Å². The Labute approximate surface area is 166 Å². The summed E-state index contributed by atoms with van der Waals surface area (Å²) in [6.45, 7) is 8.04. The normalized spacial score (nSPS) is 19.8. The number of hydrogen-bond acceptors (Lipinski definition) is 7. The van der Waals surface area contributed by atoms with Crippen molar-refractivity contribution in [1.29, 1.82) is 0 Å². The number of nitrogens with zero attached hydrogens (tertiary/aromatic N) is 7. The van der Waals surface area contributed by atoms with Gasteiger partial charge in [0, 0.05) is 45.3 Å². The molecule has 4 heterocycles. The van der Waals surface area contributed by atoms with Crippen LogP contribution in [0.2, 0.25) is 0 Å². The van der Waals surface area contributed by atoms with E-state index in [1.54, 1.807) is 0 Å². The molecule has 0 amide bonds. The SMILES string of the molecule is Cc1nc(N2CCCC2)cc(N2CCN(c3cc4c(nn3)CCCC4)CC2)n1. The van der Waals surface area contributed by atoms with Crippen molar-refractivity contribution in [2.75, 3.05) is 54.0 Å². The molecule has 0 aromatic carbocycles. The van der Waals surface area contributed by atoms with Gasteiger partial charge in [-0.05, 0) is 57.1 Å². The molecule has 2 saturated heterocycles. The third-order valence-electron chi connectivity index (χ3n) is 6.23. The quantitative estimate of drug-likeness (QED) is 0.811. The largest absolute Gasteiger partial charge is 0.356 e. The topological polar surface area (TPSA) is 61.3 Å². The Hall–Kier alpha value is -2.44. The second-order valence-corrected chi connectivity index (χ2v) is 8.18. The number of aromatic nitrogens is 4. The van der Waals surface area contributed by atoms with E-state index in [0.29, 0.717) is 0 Å². The fourth-order valence-electron chi connectivity index (χ4n) is 4.60. The summed E-state index contributed by atoms with van der Waals surface area (Å²) >= 11 is 0.